The number of nitrogens with one attached hydrogen (secondary N) is 1. The molecule has 25 heavy (non-hydrogen) atoms. The number of hydrogen-bond donors (Lipinski definition) is 1. The molecule has 1 N–H and O–H groups in total. The molecule has 0 saturated carbocycles. The van der Waals surface area contributed by atoms with Crippen molar-refractivity contribution in [2.24, 2.45) is 0 Å². The van der Waals surface area contributed by atoms with E-state index in [2.05, 4.69) is 23.3 Å². The van der Waals surface area contributed by atoms with E-state index in [1.165, 1.54) is 23.9 Å². The quantitative estimate of drug-likeness (QED) is 0.704. The number of carbonyl (C=O) groups excluding carboxylic acids is 1. The first-order valence-electron chi connectivity index (χ1n) is 8.21. The molecule has 0 radical (unpaired) electrons. The zero-order chi connectivity index (χ0) is 18.1. The largest absolute Gasteiger partial charge is 0.324 e. The van der Waals surface area contributed by atoms with Gasteiger partial charge in [-0.3, -0.25) is 4.79 Å². The summed E-state index contributed by atoms with van der Waals surface area (Å²) >= 11 is 1.37. The highest BCUT2D eigenvalue weighted by Gasteiger charge is 2.10. The molecule has 6 heteroatoms. The van der Waals surface area contributed by atoms with Gasteiger partial charge in [0.1, 0.15) is 16.9 Å². The highest BCUT2D eigenvalue weighted by molar-refractivity contribution is 7.99. The van der Waals surface area contributed by atoms with E-state index >= 15 is 0 Å². The lowest BCUT2D eigenvalue weighted by Gasteiger charge is -2.08. The minimum atomic E-state index is -0.458. The van der Waals surface area contributed by atoms with Gasteiger partial charge in [-0.1, -0.05) is 25.5 Å². The number of unbranched alkanes of at least 4 members (excludes halogenated alkanes) is 1. The van der Waals surface area contributed by atoms with Gasteiger partial charge in [-0.25, -0.2) is 9.37 Å². The predicted molar refractivity (Wildman–Crippen MR) is 97.9 cm³/mol. The van der Waals surface area contributed by atoms with Crippen molar-refractivity contribution < 1.29 is 9.18 Å². The van der Waals surface area contributed by atoms with Gasteiger partial charge in [-0.05, 0) is 37.1 Å². The molecule has 0 fully saturated rings. The summed E-state index contributed by atoms with van der Waals surface area (Å²) in [6.07, 6.45) is 3.22. The summed E-state index contributed by atoms with van der Waals surface area (Å²) in [7, 11) is 0. The van der Waals surface area contributed by atoms with Gasteiger partial charge in [0.15, 0.2) is 0 Å². The molecule has 0 aliphatic heterocycles. The van der Waals surface area contributed by atoms with Crippen molar-refractivity contribution in [3.8, 4) is 6.07 Å². The van der Waals surface area contributed by atoms with Crippen LogP contribution < -0.4 is 5.32 Å². The van der Waals surface area contributed by atoms with Crippen LogP contribution in [-0.4, -0.2) is 16.6 Å². The molecule has 130 valence electrons. The van der Waals surface area contributed by atoms with Gasteiger partial charge in [0, 0.05) is 17.9 Å². The zero-order valence-corrected chi connectivity index (χ0v) is 14.9. The maximum Gasteiger partial charge on any atom is 0.225 e. The van der Waals surface area contributed by atoms with Crippen molar-refractivity contribution in [3.63, 3.8) is 0 Å². The van der Waals surface area contributed by atoms with E-state index in [0.29, 0.717) is 16.3 Å². The Morgan fingerprint density at radius 3 is 2.84 bits per heavy atom. The Bertz CT molecular complexity index is 774. The number of rotatable bonds is 8. The smallest absolute Gasteiger partial charge is 0.225 e. The van der Waals surface area contributed by atoms with Crippen LogP contribution in [0.3, 0.4) is 0 Å². The molecule has 1 aromatic carbocycles. The number of anilines is 1. The molecule has 1 heterocycles. The SMILES string of the molecule is CCCCc1ccc(C#N)c(SCCC(=O)Nc2ccccc2F)n1. The molecule has 0 atom stereocenters. The van der Waals surface area contributed by atoms with Crippen molar-refractivity contribution in [1.29, 1.82) is 5.26 Å². The minimum Gasteiger partial charge on any atom is -0.324 e. The van der Waals surface area contributed by atoms with Gasteiger partial charge in [0.25, 0.3) is 0 Å². The monoisotopic (exact) mass is 357 g/mol. The van der Waals surface area contributed by atoms with E-state index in [-0.39, 0.29) is 18.0 Å². The number of benzene rings is 1. The van der Waals surface area contributed by atoms with Crippen molar-refractivity contribution >= 4 is 23.4 Å². The number of thioether (sulfide) groups is 1. The molecule has 1 amide bonds. The Labute approximate surface area is 151 Å². The third-order valence-electron chi connectivity index (χ3n) is 3.54. The van der Waals surface area contributed by atoms with Crippen LogP contribution in [0.25, 0.3) is 0 Å². The Morgan fingerprint density at radius 1 is 1.32 bits per heavy atom. The average Bonchev–Trinajstić information content (AvgIpc) is 2.62. The Kier molecular flexibility index (Phi) is 7.42. The Hall–Kier alpha value is -2.39. The summed E-state index contributed by atoms with van der Waals surface area (Å²) in [5.41, 5.74) is 1.65. The summed E-state index contributed by atoms with van der Waals surface area (Å²) in [5.74, 6) is -0.252. The van der Waals surface area contributed by atoms with Crippen LogP contribution in [-0.2, 0) is 11.2 Å². The third-order valence-corrected chi connectivity index (χ3v) is 4.53. The highest BCUT2D eigenvalue weighted by atomic mass is 32.2. The van der Waals surface area contributed by atoms with Crippen molar-refractivity contribution in [3.05, 3.63) is 53.5 Å². The van der Waals surface area contributed by atoms with Crippen molar-refractivity contribution in [1.82, 2.24) is 4.98 Å². The van der Waals surface area contributed by atoms with Crippen LogP contribution in [0.1, 0.15) is 37.4 Å². The van der Waals surface area contributed by atoms with Crippen LogP contribution in [0.5, 0.6) is 0 Å². The lowest BCUT2D eigenvalue weighted by molar-refractivity contribution is -0.115. The van der Waals surface area contributed by atoms with Gasteiger partial charge < -0.3 is 5.32 Å². The fourth-order valence-electron chi connectivity index (χ4n) is 2.19. The number of para-hydroxylation sites is 1. The number of nitrogens with zero attached hydrogens (tertiary/aromatic N) is 2. The van der Waals surface area contributed by atoms with Gasteiger partial charge >= 0.3 is 0 Å². The molecule has 0 spiro atoms. The summed E-state index contributed by atoms with van der Waals surface area (Å²) in [6.45, 7) is 2.12. The second kappa shape index (κ2) is 9.80. The molecule has 0 unspecified atom stereocenters. The summed E-state index contributed by atoms with van der Waals surface area (Å²) in [4.78, 5) is 16.5. The molecule has 1 aromatic heterocycles. The standard InChI is InChI=1S/C19H20FN3OS/c1-2-3-6-15-10-9-14(13-21)19(22-15)25-12-11-18(24)23-17-8-5-4-7-16(17)20/h4-5,7-10H,2-3,6,11-12H2,1H3,(H,23,24). The zero-order valence-electron chi connectivity index (χ0n) is 14.1. The number of aromatic nitrogens is 1. The number of pyridine rings is 1. The second-order valence-electron chi connectivity index (χ2n) is 5.50. The minimum absolute atomic E-state index is 0.176. The van der Waals surface area contributed by atoms with E-state index in [1.54, 1.807) is 18.2 Å². The summed E-state index contributed by atoms with van der Waals surface area (Å²) < 4.78 is 13.5. The number of amides is 1. The molecule has 2 rings (SSSR count). The van der Waals surface area contributed by atoms with Crippen LogP contribution in [0.15, 0.2) is 41.4 Å². The fraction of sp³-hybridized carbons (Fsp3) is 0.316. The first kappa shape index (κ1) is 18.9. The molecule has 4 nitrogen and oxygen atoms in total. The number of aryl methyl sites for hydroxylation is 1. The first-order chi connectivity index (χ1) is 12.1. The number of carbonyl (C=O) groups is 1. The number of halogens is 1. The van der Waals surface area contributed by atoms with E-state index in [0.717, 1.165) is 25.0 Å². The van der Waals surface area contributed by atoms with Gasteiger partial charge in [-0.2, -0.15) is 5.26 Å². The lowest BCUT2D eigenvalue weighted by atomic mass is 10.2. The number of hydrogen-bond acceptors (Lipinski definition) is 4. The maximum atomic E-state index is 13.5. The summed E-state index contributed by atoms with van der Waals surface area (Å²) in [5, 5.41) is 12.4. The third kappa shape index (κ3) is 5.87. The predicted octanol–water partition coefficient (Wildman–Crippen LogP) is 4.56. The topological polar surface area (TPSA) is 65.8 Å². The van der Waals surface area contributed by atoms with Crippen LogP contribution in [0.2, 0.25) is 0 Å². The van der Waals surface area contributed by atoms with Crippen LogP contribution >= 0.6 is 11.8 Å². The van der Waals surface area contributed by atoms with Crippen LogP contribution in [0, 0.1) is 17.1 Å². The molecule has 0 bridgehead atoms. The van der Waals surface area contributed by atoms with E-state index in [4.69, 9.17) is 0 Å². The van der Waals surface area contributed by atoms with E-state index in [1.807, 2.05) is 6.07 Å². The van der Waals surface area contributed by atoms with E-state index < -0.39 is 5.82 Å². The van der Waals surface area contributed by atoms with Gasteiger partial charge in [-0.15, -0.1) is 11.8 Å². The van der Waals surface area contributed by atoms with Crippen molar-refractivity contribution in [2.45, 2.75) is 37.6 Å². The maximum absolute atomic E-state index is 13.5. The lowest BCUT2D eigenvalue weighted by Crippen LogP contribution is -2.13. The summed E-state index contributed by atoms with van der Waals surface area (Å²) in [6, 6.07) is 11.8. The van der Waals surface area contributed by atoms with Gasteiger partial charge in [0.05, 0.1) is 11.3 Å². The van der Waals surface area contributed by atoms with Crippen LogP contribution in [0.4, 0.5) is 10.1 Å². The van der Waals surface area contributed by atoms with Gasteiger partial charge in [0.2, 0.25) is 5.91 Å². The average molecular weight is 357 g/mol. The Morgan fingerprint density at radius 2 is 2.12 bits per heavy atom. The molecule has 0 aliphatic rings. The first-order valence-corrected chi connectivity index (χ1v) is 9.19. The second-order valence-corrected chi connectivity index (χ2v) is 6.58. The normalized spacial score (nSPS) is 10.3. The molecular weight excluding hydrogens is 337 g/mol. The Balaban J connectivity index is 1.91. The number of nitriles is 1. The molecule has 0 saturated heterocycles. The highest BCUT2D eigenvalue weighted by Crippen LogP contribution is 2.22. The fourth-order valence-corrected chi connectivity index (χ4v) is 3.12. The molecule has 0 aliphatic carbocycles. The molecular formula is C19H20FN3OS. The van der Waals surface area contributed by atoms with E-state index in [9.17, 15) is 14.4 Å². The van der Waals surface area contributed by atoms with Crippen molar-refractivity contribution in [2.75, 3.05) is 11.1 Å². The molecule has 2 aromatic rings.